The summed E-state index contributed by atoms with van der Waals surface area (Å²) >= 11 is 0. The van der Waals surface area contributed by atoms with Crippen molar-refractivity contribution in [2.75, 3.05) is 25.4 Å². The normalized spacial score (nSPS) is 21.5. The molecule has 0 bridgehead atoms. The van der Waals surface area contributed by atoms with E-state index in [2.05, 4.69) is 46.9 Å². The van der Waals surface area contributed by atoms with Crippen molar-refractivity contribution >= 4 is 27.6 Å². The molecule has 2 aromatic rings. The Morgan fingerprint density at radius 3 is 2.85 bits per heavy atom. The maximum absolute atomic E-state index is 13.1. The molecule has 33 heavy (non-hydrogen) atoms. The van der Waals surface area contributed by atoms with Gasteiger partial charge in [0.1, 0.15) is 0 Å². The summed E-state index contributed by atoms with van der Waals surface area (Å²) in [6.07, 6.45) is 9.24. The van der Waals surface area contributed by atoms with Gasteiger partial charge in [0.05, 0.1) is 12.2 Å². The highest BCUT2D eigenvalue weighted by atomic mass is 33.1. The Hall–Kier alpha value is -1.43. The highest BCUT2D eigenvalue weighted by molar-refractivity contribution is 8.77. The minimum absolute atomic E-state index is 0.160. The molecule has 0 saturated carbocycles. The minimum atomic E-state index is -0.160. The first-order valence-corrected chi connectivity index (χ1v) is 15.1. The smallest absolute Gasteiger partial charge is 0.338 e. The summed E-state index contributed by atoms with van der Waals surface area (Å²) in [5, 5.41) is 0.835. The number of carbonyl (C=O) groups is 1. The molecule has 0 aromatic heterocycles. The summed E-state index contributed by atoms with van der Waals surface area (Å²) in [6.45, 7) is 5.05. The molecule has 0 spiro atoms. The van der Waals surface area contributed by atoms with Crippen molar-refractivity contribution in [3.8, 4) is 11.1 Å². The lowest BCUT2D eigenvalue weighted by molar-refractivity contribution is 0.0498. The number of ether oxygens (including phenoxy) is 1. The number of benzene rings is 2. The van der Waals surface area contributed by atoms with Crippen LogP contribution in [-0.2, 0) is 17.6 Å². The van der Waals surface area contributed by atoms with Gasteiger partial charge in [-0.05, 0) is 79.0 Å². The van der Waals surface area contributed by atoms with Crippen LogP contribution in [0.2, 0.25) is 0 Å². The Balaban J connectivity index is 1.28. The van der Waals surface area contributed by atoms with Gasteiger partial charge in [0.2, 0.25) is 0 Å². The summed E-state index contributed by atoms with van der Waals surface area (Å²) in [7, 11) is 4.07. The summed E-state index contributed by atoms with van der Waals surface area (Å²) in [4.78, 5) is 15.8. The Labute approximate surface area is 206 Å². The molecule has 3 aliphatic rings. The second-order valence-electron chi connectivity index (χ2n) is 9.54. The lowest BCUT2D eigenvalue weighted by atomic mass is 9.75. The molecule has 2 aliphatic heterocycles. The van der Waals surface area contributed by atoms with Gasteiger partial charge in [-0.2, -0.15) is 0 Å². The van der Waals surface area contributed by atoms with Gasteiger partial charge in [-0.3, -0.25) is 4.90 Å². The number of esters is 1. The molecule has 2 atom stereocenters. The number of carbonyl (C=O) groups excluding carboxylic acids is 1. The number of hydrogen-bond donors (Lipinski definition) is 0. The van der Waals surface area contributed by atoms with E-state index >= 15 is 0 Å². The van der Waals surface area contributed by atoms with Gasteiger partial charge in [-0.1, -0.05) is 71.7 Å². The minimum Gasteiger partial charge on any atom is -0.462 e. The fraction of sp³-hybridized carbons (Fsp3) is 0.536. The number of rotatable bonds is 9. The van der Waals surface area contributed by atoms with Crippen LogP contribution in [0.5, 0.6) is 0 Å². The predicted octanol–water partition coefficient (Wildman–Crippen LogP) is 7.09. The zero-order valence-electron chi connectivity index (χ0n) is 19.7. The summed E-state index contributed by atoms with van der Waals surface area (Å²) in [5.41, 5.74) is 7.30. The summed E-state index contributed by atoms with van der Waals surface area (Å²) < 4.78 is 5.78. The Bertz CT molecular complexity index is 986. The Morgan fingerprint density at radius 2 is 2.00 bits per heavy atom. The summed E-state index contributed by atoms with van der Waals surface area (Å²) in [5.74, 6) is 1.14. The van der Waals surface area contributed by atoms with E-state index in [1.165, 1.54) is 53.7 Å². The molecule has 0 amide bonds. The van der Waals surface area contributed by atoms with E-state index < -0.39 is 0 Å². The molecule has 3 nitrogen and oxygen atoms in total. The van der Waals surface area contributed by atoms with Crippen molar-refractivity contribution < 1.29 is 9.53 Å². The maximum atomic E-state index is 13.1. The molecule has 1 fully saturated rings. The van der Waals surface area contributed by atoms with Crippen molar-refractivity contribution in [1.82, 2.24) is 4.90 Å². The lowest BCUT2D eigenvalue weighted by Crippen LogP contribution is -2.39. The summed E-state index contributed by atoms with van der Waals surface area (Å²) in [6, 6.07) is 13.3. The van der Waals surface area contributed by atoms with Crippen molar-refractivity contribution in [2.45, 2.75) is 69.6 Å². The number of unbranched alkanes of at least 4 members (excludes halogenated alkanes) is 2. The average Bonchev–Trinajstić information content (AvgIpc) is 3.36. The van der Waals surface area contributed by atoms with Crippen LogP contribution in [0.4, 0.5) is 0 Å². The molecule has 2 heterocycles. The third-order valence-corrected chi connectivity index (χ3v) is 10.3. The number of fused-ring (bicyclic) bond motifs is 2. The van der Waals surface area contributed by atoms with Crippen LogP contribution < -0.4 is 0 Å². The van der Waals surface area contributed by atoms with Crippen LogP contribution in [-0.4, -0.2) is 41.6 Å². The van der Waals surface area contributed by atoms with E-state index in [9.17, 15) is 4.79 Å². The molecule has 176 valence electrons. The molecular weight excluding hydrogens is 446 g/mol. The van der Waals surface area contributed by atoms with Gasteiger partial charge in [-0.15, -0.1) is 0 Å². The second-order valence-corrected chi connectivity index (χ2v) is 12.3. The van der Waals surface area contributed by atoms with Gasteiger partial charge in [0, 0.05) is 23.6 Å². The Morgan fingerprint density at radius 1 is 1.12 bits per heavy atom. The van der Waals surface area contributed by atoms with Crippen LogP contribution in [0, 0.1) is 0 Å². The monoisotopic (exact) mass is 481 g/mol. The molecule has 1 saturated heterocycles. The largest absolute Gasteiger partial charge is 0.462 e. The van der Waals surface area contributed by atoms with E-state index in [4.69, 9.17) is 4.74 Å². The molecule has 0 radical (unpaired) electrons. The third kappa shape index (κ3) is 5.01. The first-order valence-electron chi connectivity index (χ1n) is 12.7. The predicted molar refractivity (Wildman–Crippen MR) is 141 cm³/mol. The van der Waals surface area contributed by atoms with Crippen LogP contribution in [0.3, 0.4) is 0 Å². The second kappa shape index (κ2) is 10.9. The van der Waals surface area contributed by atoms with Crippen LogP contribution in [0.15, 0.2) is 36.4 Å². The molecular formula is C28H35NO2S2. The molecule has 1 aliphatic carbocycles. The van der Waals surface area contributed by atoms with E-state index in [-0.39, 0.29) is 5.97 Å². The first kappa shape index (κ1) is 23.3. The SMILES string of the molecule is CCCN1CCc2cccc3c2C1Cc1cccc(C(=O)OCCCCCC2CCSS2)c1-3. The van der Waals surface area contributed by atoms with Crippen LogP contribution in [0.1, 0.15) is 78.5 Å². The van der Waals surface area contributed by atoms with Gasteiger partial charge < -0.3 is 4.74 Å². The van der Waals surface area contributed by atoms with Crippen molar-refractivity contribution in [1.29, 1.82) is 0 Å². The highest BCUT2D eigenvalue weighted by Crippen LogP contribution is 2.46. The molecule has 5 rings (SSSR count). The fourth-order valence-electron chi connectivity index (χ4n) is 5.76. The zero-order chi connectivity index (χ0) is 22.6. The standard InChI is InChI=1S/C28H35NO2S2/c1-2-15-29-16-13-20-8-6-11-23-26-21(19-25(29)27(20)23)9-7-12-24(26)28(30)31-17-5-3-4-10-22-14-18-32-33-22/h6-9,11-12,22,25H,2-5,10,13-19H2,1H3. The van der Waals surface area contributed by atoms with E-state index in [1.807, 2.05) is 22.9 Å². The average molecular weight is 482 g/mol. The number of hydrogen-bond acceptors (Lipinski definition) is 5. The lowest BCUT2D eigenvalue weighted by Gasteiger charge is -2.42. The van der Waals surface area contributed by atoms with E-state index in [1.54, 1.807) is 0 Å². The van der Waals surface area contributed by atoms with Gasteiger partial charge in [0.15, 0.2) is 0 Å². The molecule has 5 heteroatoms. The third-order valence-electron chi connectivity index (χ3n) is 7.33. The first-order chi connectivity index (χ1) is 16.3. The van der Waals surface area contributed by atoms with Gasteiger partial charge in [0.25, 0.3) is 0 Å². The fourth-order valence-corrected chi connectivity index (χ4v) is 8.78. The topological polar surface area (TPSA) is 29.5 Å². The van der Waals surface area contributed by atoms with Crippen molar-refractivity contribution in [3.05, 3.63) is 58.7 Å². The quantitative estimate of drug-likeness (QED) is 0.217. The zero-order valence-corrected chi connectivity index (χ0v) is 21.3. The van der Waals surface area contributed by atoms with Gasteiger partial charge in [-0.25, -0.2) is 4.79 Å². The maximum Gasteiger partial charge on any atom is 0.338 e. The van der Waals surface area contributed by atoms with Crippen LogP contribution in [0.25, 0.3) is 11.1 Å². The van der Waals surface area contributed by atoms with Crippen molar-refractivity contribution in [2.24, 2.45) is 0 Å². The molecule has 0 N–H and O–H groups in total. The number of nitrogens with zero attached hydrogens (tertiary/aromatic N) is 1. The molecule has 2 aromatic carbocycles. The Kier molecular flexibility index (Phi) is 7.69. The van der Waals surface area contributed by atoms with E-state index in [0.29, 0.717) is 12.6 Å². The molecule has 2 unspecified atom stereocenters. The highest BCUT2D eigenvalue weighted by Gasteiger charge is 2.35. The van der Waals surface area contributed by atoms with Crippen LogP contribution >= 0.6 is 21.6 Å². The van der Waals surface area contributed by atoms with Gasteiger partial charge >= 0.3 is 5.97 Å². The van der Waals surface area contributed by atoms with Crippen molar-refractivity contribution in [3.63, 3.8) is 0 Å². The van der Waals surface area contributed by atoms with E-state index in [0.717, 1.165) is 55.1 Å².